The minimum Gasteiger partial charge on any atom is -0.492 e. The van der Waals surface area contributed by atoms with E-state index in [-0.39, 0.29) is 18.2 Å². The van der Waals surface area contributed by atoms with Crippen molar-refractivity contribution in [2.45, 2.75) is 0 Å². The largest absolute Gasteiger partial charge is 0.492 e. The smallest absolute Gasteiger partial charge is 0.236 e. The first-order valence-corrected chi connectivity index (χ1v) is 8.13. The van der Waals surface area contributed by atoms with E-state index in [1.165, 1.54) is 24.3 Å². The molecule has 0 aliphatic carbocycles. The molecule has 0 heterocycles. The van der Waals surface area contributed by atoms with E-state index >= 15 is 0 Å². The van der Waals surface area contributed by atoms with E-state index < -0.39 is 10.0 Å². The summed E-state index contributed by atoms with van der Waals surface area (Å²) in [4.78, 5) is 0. The quantitative estimate of drug-likeness (QED) is 0.884. The van der Waals surface area contributed by atoms with Crippen molar-refractivity contribution >= 4 is 27.3 Å². The van der Waals surface area contributed by atoms with E-state index in [0.29, 0.717) is 16.5 Å². The summed E-state index contributed by atoms with van der Waals surface area (Å²) in [6, 6.07) is 11.9. The Labute approximate surface area is 127 Å². The molecular formula is C14H13ClFNO3S. The number of para-hydroxylation sites is 1. The molecule has 2 aromatic carbocycles. The highest BCUT2D eigenvalue weighted by Crippen LogP contribution is 2.21. The van der Waals surface area contributed by atoms with Gasteiger partial charge in [0.05, 0.1) is 10.7 Å². The lowest BCUT2D eigenvalue weighted by molar-refractivity contribution is 0.340. The molecule has 21 heavy (non-hydrogen) atoms. The maximum Gasteiger partial charge on any atom is 0.236 e. The standard InChI is InChI=1S/C14H13ClFNO3S/c15-13-3-1-2-4-14(13)17-21(18,19)10-9-20-12-7-5-11(16)6-8-12/h1-8,17H,9-10H2. The van der Waals surface area contributed by atoms with Crippen LogP contribution in [0.25, 0.3) is 0 Å². The van der Waals surface area contributed by atoms with Gasteiger partial charge < -0.3 is 4.74 Å². The maximum absolute atomic E-state index is 12.7. The average molecular weight is 330 g/mol. The zero-order valence-corrected chi connectivity index (χ0v) is 12.5. The van der Waals surface area contributed by atoms with Gasteiger partial charge in [-0.05, 0) is 36.4 Å². The fourth-order valence-electron chi connectivity index (χ4n) is 1.56. The summed E-state index contributed by atoms with van der Waals surface area (Å²) >= 11 is 5.88. The van der Waals surface area contributed by atoms with E-state index in [2.05, 4.69) is 4.72 Å². The normalized spacial score (nSPS) is 11.1. The molecule has 0 amide bonds. The zero-order valence-electron chi connectivity index (χ0n) is 10.9. The van der Waals surface area contributed by atoms with Crippen LogP contribution in [0.4, 0.5) is 10.1 Å². The highest BCUT2D eigenvalue weighted by atomic mass is 35.5. The Kier molecular flexibility index (Phi) is 5.03. The molecule has 0 aromatic heterocycles. The minimum atomic E-state index is -3.57. The molecule has 1 N–H and O–H groups in total. The van der Waals surface area contributed by atoms with E-state index in [4.69, 9.17) is 16.3 Å². The van der Waals surface area contributed by atoms with Gasteiger partial charge in [0.2, 0.25) is 10.0 Å². The number of anilines is 1. The molecule has 0 saturated heterocycles. The van der Waals surface area contributed by atoms with E-state index in [0.717, 1.165) is 0 Å². The van der Waals surface area contributed by atoms with Crippen molar-refractivity contribution in [2.24, 2.45) is 0 Å². The van der Waals surface area contributed by atoms with Gasteiger partial charge in [-0.25, -0.2) is 12.8 Å². The van der Waals surface area contributed by atoms with Gasteiger partial charge in [-0.3, -0.25) is 4.72 Å². The topological polar surface area (TPSA) is 55.4 Å². The van der Waals surface area contributed by atoms with Gasteiger partial charge in [-0.1, -0.05) is 23.7 Å². The maximum atomic E-state index is 12.7. The summed E-state index contributed by atoms with van der Waals surface area (Å²) in [7, 11) is -3.57. The highest BCUT2D eigenvalue weighted by Gasteiger charge is 2.12. The minimum absolute atomic E-state index is 0.0502. The van der Waals surface area contributed by atoms with Crippen LogP contribution in [0, 0.1) is 5.82 Å². The summed E-state index contributed by atoms with van der Waals surface area (Å²) in [5, 5.41) is 0.320. The third-order valence-electron chi connectivity index (χ3n) is 2.57. The first kappa shape index (κ1) is 15.6. The summed E-state index contributed by atoms with van der Waals surface area (Å²) in [5.74, 6) is -0.213. The van der Waals surface area contributed by atoms with Gasteiger partial charge in [-0.15, -0.1) is 0 Å². The third kappa shape index (κ3) is 4.91. The second kappa shape index (κ2) is 6.78. The summed E-state index contributed by atoms with van der Waals surface area (Å²) in [5.41, 5.74) is 0.320. The molecule has 0 bridgehead atoms. The Hall–Kier alpha value is -1.79. The predicted molar refractivity (Wildman–Crippen MR) is 80.8 cm³/mol. The van der Waals surface area contributed by atoms with E-state index in [1.54, 1.807) is 24.3 Å². The molecule has 2 rings (SSSR count). The molecule has 0 atom stereocenters. The molecule has 0 radical (unpaired) electrons. The molecule has 0 spiro atoms. The Morgan fingerprint density at radius 1 is 1.10 bits per heavy atom. The molecule has 0 fully saturated rings. The summed E-state index contributed by atoms with van der Waals surface area (Å²) in [6.45, 7) is -0.0502. The molecule has 112 valence electrons. The molecule has 0 saturated carbocycles. The summed E-state index contributed by atoms with van der Waals surface area (Å²) < 4.78 is 44.1. The van der Waals surface area contributed by atoms with Crippen LogP contribution in [-0.4, -0.2) is 20.8 Å². The van der Waals surface area contributed by atoms with Crippen LogP contribution in [0.15, 0.2) is 48.5 Å². The van der Waals surface area contributed by atoms with Crippen LogP contribution in [0.2, 0.25) is 5.02 Å². The van der Waals surface area contributed by atoms with E-state index in [1.807, 2.05) is 0 Å². The number of rotatable bonds is 6. The lowest BCUT2D eigenvalue weighted by atomic mass is 10.3. The van der Waals surface area contributed by atoms with Crippen molar-refractivity contribution in [1.29, 1.82) is 0 Å². The first-order chi connectivity index (χ1) is 9.96. The van der Waals surface area contributed by atoms with Crippen LogP contribution in [-0.2, 0) is 10.0 Å². The van der Waals surface area contributed by atoms with Crippen molar-refractivity contribution in [2.75, 3.05) is 17.1 Å². The van der Waals surface area contributed by atoms with Crippen LogP contribution in [0.1, 0.15) is 0 Å². The Balaban J connectivity index is 1.90. The van der Waals surface area contributed by atoms with Crippen LogP contribution >= 0.6 is 11.6 Å². The molecule has 2 aromatic rings. The van der Waals surface area contributed by atoms with Crippen LogP contribution < -0.4 is 9.46 Å². The van der Waals surface area contributed by atoms with Gasteiger partial charge in [-0.2, -0.15) is 0 Å². The van der Waals surface area contributed by atoms with Gasteiger partial charge in [0.25, 0.3) is 0 Å². The van der Waals surface area contributed by atoms with Gasteiger partial charge >= 0.3 is 0 Å². The number of sulfonamides is 1. The number of hydrogen-bond acceptors (Lipinski definition) is 3. The predicted octanol–water partition coefficient (Wildman–Crippen LogP) is 3.30. The first-order valence-electron chi connectivity index (χ1n) is 6.10. The van der Waals surface area contributed by atoms with Crippen molar-refractivity contribution in [3.05, 3.63) is 59.4 Å². The Bertz CT molecular complexity index is 704. The summed E-state index contributed by atoms with van der Waals surface area (Å²) in [6.07, 6.45) is 0. The second-order valence-corrected chi connectivity index (χ2v) is 6.45. The van der Waals surface area contributed by atoms with Gasteiger partial charge in [0.15, 0.2) is 0 Å². The van der Waals surface area contributed by atoms with E-state index in [9.17, 15) is 12.8 Å². The number of ether oxygens (including phenoxy) is 1. The molecule has 0 aliphatic rings. The monoisotopic (exact) mass is 329 g/mol. The second-order valence-electron chi connectivity index (χ2n) is 4.20. The van der Waals surface area contributed by atoms with Crippen molar-refractivity contribution in [3.63, 3.8) is 0 Å². The van der Waals surface area contributed by atoms with Crippen molar-refractivity contribution < 1.29 is 17.5 Å². The van der Waals surface area contributed by atoms with Gasteiger partial charge in [0, 0.05) is 0 Å². The Morgan fingerprint density at radius 3 is 2.43 bits per heavy atom. The van der Waals surface area contributed by atoms with Crippen molar-refractivity contribution in [3.8, 4) is 5.75 Å². The fraction of sp³-hybridized carbons (Fsp3) is 0.143. The molecular weight excluding hydrogens is 317 g/mol. The van der Waals surface area contributed by atoms with Gasteiger partial charge in [0.1, 0.15) is 23.9 Å². The fourth-order valence-corrected chi connectivity index (χ4v) is 2.72. The lowest BCUT2D eigenvalue weighted by Gasteiger charge is -2.10. The molecule has 0 aliphatic heterocycles. The third-order valence-corrected chi connectivity index (χ3v) is 4.14. The zero-order chi connectivity index (χ0) is 15.3. The van der Waals surface area contributed by atoms with Crippen molar-refractivity contribution in [1.82, 2.24) is 0 Å². The average Bonchev–Trinajstić information content (AvgIpc) is 2.43. The number of hydrogen-bond donors (Lipinski definition) is 1. The number of halogens is 2. The lowest BCUT2D eigenvalue weighted by Crippen LogP contribution is -2.21. The SMILES string of the molecule is O=S(=O)(CCOc1ccc(F)cc1)Nc1ccccc1Cl. The van der Waals surface area contributed by atoms with Crippen LogP contribution in [0.3, 0.4) is 0 Å². The molecule has 7 heteroatoms. The molecule has 0 unspecified atom stereocenters. The molecule has 4 nitrogen and oxygen atoms in total. The number of nitrogens with one attached hydrogen (secondary N) is 1. The number of benzene rings is 2. The highest BCUT2D eigenvalue weighted by molar-refractivity contribution is 7.92. The Morgan fingerprint density at radius 2 is 1.76 bits per heavy atom. The van der Waals surface area contributed by atoms with Crippen LogP contribution in [0.5, 0.6) is 5.75 Å².